The molecule has 26 heavy (non-hydrogen) atoms. The first-order chi connectivity index (χ1) is 12.5. The molecule has 0 spiro atoms. The summed E-state index contributed by atoms with van der Waals surface area (Å²) in [6, 6.07) is 8.37. The number of aryl methyl sites for hydroxylation is 1. The van der Waals surface area contributed by atoms with E-state index >= 15 is 0 Å². The number of hydrogen-bond donors (Lipinski definition) is 2. The molecule has 0 unspecified atom stereocenters. The third kappa shape index (κ3) is 3.94. The van der Waals surface area contributed by atoms with Crippen molar-refractivity contribution in [2.75, 3.05) is 18.2 Å². The van der Waals surface area contributed by atoms with Crippen molar-refractivity contribution in [3.8, 4) is 0 Å². The van der Waals surface area contributed by atoms with E-state index in [1.807, 2.05) is 6.92 Å². The largest absolute Gasteiger partial charge is 0.465 e. The number of ether oxygens (including phenoxy) is 1. The van der Waals surface area contributed by atoms with Crippen molar-refractivity contribution in [3.63, 3.8) is 0 Å². The van der Waals surface area contributed by atoms with Crippen LogP contribution in [-0.2, 0) is 9.53 Å². The molecule has 9 heteroatoms. The summed E-state index contributed by atoms with van der Waals surface area (Å²) in [5.74, 6) is -0.816. The first-order valence-corrected chi connectivity index (χ1v) is 9.38. The highest BCUT2D eigenvalue weighted by Crippen LogP contribution is 2.23. The summed E-state index contributed by atoms with van der Waals surface area (Å²) in [6.07, 6.45) is 0. The van der Waals surface area contributed by atoms with Crippen molar-refractivity contribution in [1.82, 2.24) is 9.97 Å². The van der Waals surface area contributed by atoms with Gasteiger partial charge in [-0.25, -0.2) is 9.78 Å². The molecule has 0 radical (unpaired) electrons. The summed E-state index contributed by atoms with van der Waals surface area (Å²) < 4.78 is 4.70. The molecule has 0 saturated heterocycles. The average molecular weight is 389 g/mol. The van der Waals surface area contributed by atoms with Crippen LogP contribution in [0.2, 0.25) is 0 Å². The van der Waals surface area contributed by atoms with Gasteiger partial charge >= 0.3 is 5.97 Å². The minimum atomic E-state index is -0.530. The zero-order valence-corrected chi connectivity index (χ0v) is 15.6. The van der Waals surface area contributed by atoms with Crippen LogP contribution in [-0.4, -0.2) is 34.7 Å². The number of methoxy groups -OCH3 is 1. The van der Waals surface area contributed by atoms with Crippen LogP contribution in [0.3, 0.4) is 0 Å². The number of benzene rings is 1. The average Bonchev–Trinajstić information content (AvgIpc) is 3.01. The first-order valence-electron chi connectivity index (χ1n) is 7.58. The second kappa shape index (κ2) is 7.71. The third-order valence-electron chi connectivity index (χ3n) is 3.45. The van der Waals surface area contributed by atoms with E-state index in [1.165, 1.54) is 18.4 Å². The molecule has 0 aliphatic heterocycles. The Morgan fingerprint density at radius 2 is 2.12 bits per heavy atom. The molecule has 0 aliphatic carbocycles. The highest BCUT2D eigenvalue weighted by molar-refractivity contribution is 7.99. The quantitative estimate of drug-likeness (QED) is 0.395. The lowest BCUT2D eigenvalue weighted by atomic mass is 10.2. The van der Waals surface area contributed by atoms with Gasteiger partial charge < -0.3 is 15.0 Å². The number of hydrogen-bond acceptors (Lipinski definition) is 7. The number of carbonyl (C=O) groups excluding carboxylic acids is 2. The van der Waals surface area contributed by atoms with Crippen molar-refractivity contribution in [1.29, 1.82) is 0 Å². The molecule has 1 aromatic carbocycles. The van der Waals surface area contributed by atoms with Crippen LogP contribution in [0.25, 0.3) is 10.2 Å². The fourth-order valence-corrected chi connectivity index (χ4v) is 3.90. The summed E-state index contributed by atoms with van der Waals surface area (Å²) in [5.41, 5.74) is 0.421. The van der Waals surface area contributed by atoms with E-state index in [4.69, 9.17) is 4.74 Å². The standard InChI is InChI=1S/C17H15N3O4S2/c1-9-7-11-14(22)19-17(20-15(11)26-9)25-8-13(21)18-12-6-4-3-5-10(12)16(23)24-2/h3-7H,8H2,1-2H3,(H,18,21)(H,19,20,22). The molecule has 0 aliphatic rings. The van der Waals surface area contributed by atoms with E-state index in [-0.39, 0.29) is 22.8 Å². The second-order valence-corrected chi connectivity index (χ2v) is 7.52. The molecule has 1 amide bonds. The zero-order valence-electron chi connectivity index (χ0n) is 14.0. The minimum absolute atomic E-state index is 0.0360. The topological polar surface area (TPSA) is 101 Å². The minimum Gasteiger partial charge on any atom is -0.465 e. The number of amides is 1. The molecular formula is C17H15N3O4S2. The fraction of sp³-hybridized carbons (Fsp3) is 0.176. The van der Waals surface area contributed by atoms with Gasteiger partial charge in [0.05, 0.1) is 29.5 Å². The number of para-hydroxylation sites is 1. The zero-order chi connectivity index (χ0) is 18.7. The van der Waals surface area contributed by atoms with Crippen LogP contribution < -0.4 is 10.9 Å². The number of aromatic amines is 1. The number of thiophene rings is 1. The maximum absolute atomic E-state index is 12.2. The van der Waals surface area contributed by atoms with Crippen molar-refractivity contribution < 1.29 is 14.3 Å². The van der Waals surface area contributed by atoms with Crippen LogP contribution >= 0.6 is 23.1 Å². The Morgan fingerprint density at radius 1 is 1.35 bits per heavy atom. The van der Waals surface area contributed by atoms with E-state index in [0.29, 0.717) is 21.1 Å². The molecular weight excluding hydrogens is 374 g/mol. The van der Waals surface area contributed by atoms with Crippen LogP contribution in [0.15, 0.2) is 40.3 Å². The predicted octanol–water partition coefficient (Wildman–Crippen LogP) is 2.81. The Kier molecular flexibility index (Phi) is 5.38. The molecule has 134 valence electrons. The van der Waals surface area contributed by atoms with E-state index in [1.54, 1.807) is 30.3 Å². The lowest BCUT2D eigenvalue weighted by Gasteiger charge is -2.09. The molecule has 3 aromatic rings. The maximum Gasteiger partial charge on any atom is 0.339 e. The van der Waals surface area contributed by atoms with Gasteiger partial charge in [-0.05, 0) is 25.1 Å². The van der Waals surface area contributed by atoms with Gasteiger partial charge in [0.2, 0.25) is 5.91 Å². The van der Waals surface area contributed by atoms with Crippen molar-refractivity contribution >= 4 is 50.9 Å². The first kappa shape index (κ1) is 18.2. The van der Waals surface area contributed by atoms with Gasteiger partial charge in [-0.2, -0.15) is 0 Å². The number of thioether (sulfide) groups is 1. The van der Waals surface area contributed by atoms with Gasteiger partial charge in [-0.3, -0.25) is 9.59 Å². The van der Waals surface area contributed by atoms with Gasteiger partial charge in [0.15, 0.2) is 5.16 Å². The number of esters is 1. The van der Waals surface area contributed by atoms with Gasteiger partial charge in [-0.1, -0.05) is 23.9 Å². The van der Waals surface area contributed by atoms with Gasteiger partial charge in [0.25, 0.3) is 5.56 Å². The number of nitrogens with one attached hydrogen (secondary N) is 2. The fourth-order valence-electron chi connectivity index (χ4n) is 2.30. The Bertz CT molecular complexity index is 1040. The maximum atomic E-state index is 12.2. The molecule has 2 heterocycles. The summed E-state index contributed by atoms with van der Waals surface area (Å²) >= 11 is 2.55. The summed E-state index contributed by atoms with van der Waals surface area (Å²) in [7, 11) is 1.28. The van der Waals surface area contributed by atoms with Crippen molar-refractivity contribution in [2.45, 2.75) is 12.1 Å². The lowest BCUT2D eigenvalue weighted by molar-refractivity contribution is -0.113. The molecule has 0 saturated carbocycles. The molecule has 0 fully saturated rings. The number of H-pyrrole nitrogens is 1. The molecule has 7 nitrogen and oxygen atoms in total. The number of carbonyl (C=O) groups is 2. The highest BCUT2D eigenvalue weighted by Gasteiger charge is 2.14. The van der Waals surface area contributed by atoms with Crippen LogP contribution in [0, 0.1) is 6.92 Å². The molecule has 0 atom stereocenters. The van der Waals surface area contributed by atoms with E-state index in [2.05, 4.69) is 15.3 Å². The van der Waals surface area contributed by atoms with Gasteiger partial charge in [-0.15, -0.1) is 11.3 Å². The number of nitrogens with zero attached hydrogens (tertiary/aromatic N) is 1. The van der Waals surface area contributed by atoms with E-state index in [9.17, 15) is 14.4 Å². The summed E-state index contributed by atoms with van der Waals surface area (Å²) in [6.45, 7) is 1.91. The Balaban J connectivity index is 1.70. The van der Waals surface area contributed by atoms with Crippen molar-refractivity contribution in [3.05, 3.63) is 51.1 Å². The SMILES string of the molecule is COC(=O)c1ccccc1NC(=O)CSc1nc2sc(C)cc2c(=O)[nH]1. The highest BCUT2D eigenvalue weighted by atomic mass is 32.2. The van der Waals surface area contributed by atoms with Gasteiger partial charge in [0.1, 0.15) is 4.83 Å². The van der Waals surface area contributed by atoms with Gasteiger partial charge in [0, 0.05) is 4.88 Å². The second-order valence-electron chi connectivity index (χ2n) is 5.32. The third-order valence-corrected chi connectivity index (χ3v) is 5.27. The molecule has 2 aromatic heterocycles. The van der Waals surface area contributed by atoms with Crippen LogP contribution in [0.4, 0.5) is 5.69 Å². The predicted molar refractivity (Wildman–Crippen MR) is 102 cm³/mol. The normalized spacial score (nSPS) is 10.7. The number of fused-ring (bicyclic) bond motifs is 1. The summed E-state index contributed by atoms with van der Waals surface area (Å²) in [5, 5.41) is 3.60. The number of anilines is 1. The Hall–Kier alpha value is -2.65. The van der Waals surface area contributed by atoms with Crippen LogP contribution in [0.1, 0.15) is 15.2 Å². The van der Waals surface area contributed by atoms with Crippen LogP contribution in [0.5, 0.6) is 0 Å². The molecule has 0 bridgehead atoms. The molecule has 3 rings (SSSR count). The Morgan fingerprint density at radius 3 is 2.88 bits per heavy atom. The summed E-state index contributed by atoms with van der Waals surface area (Å²) in [4.78, 5) is 44.7. The number of rotatable bonds is 5. The Labute approximate surface area is 156 Å². The van der Waals surface area contributed by atoms with E-state index in [0.717, 1.165) is 16.6 Å². The molecule has 2 N–H and O–H groups in total. The lowest BCUT2D eigenvalue weighted by Crippen LogP contribution is -2.17. The smallest absolute Gasteiger partial charge is 0.339 e. The van der Waals surface area contributed by atoms with E-state index < -0.39 is 5.97 Å². The van der Waals surface area contributed by atoms with Crippen molar-refractivity contribution in [2.24, 2.45) is 0 Å². The number of aromatic nitrogens is 2. The monoisotopic (exact) mass is 389 g/mol.